The van der Waals surface area contributed by atoms with Crippen LogP contribution < -0.4 is 0 Å². The standard InChI is InChI=1S/C9H18BrO5P/c1-3-13-9(11)8-16(12,14-4-2)15-7-5-6-10/h3-8H2,1-2H3. The average molecular weight is 317 g/mol. The third kappa shape index (κ3) is 7.39. The molecular formula is C9H18BrO5P. The summed E-state index contributed by atoms with van der Waals surface area (Å²) in [5.74, 6) is -0.557. The molecule has 0 aliphatic heterocycles. The molecule has 16 heavy (non-hydrogen) atoms. The van der Waals surface area contributed by atoms with Crippen molar-refractivity contribution in [1.29, 1.82) is 0 Å². The van der Waals surface area contributed by atoms with Gasteiger partial charge in [-0.3, -0.25) is 9.36 Å². The topological polar surface area (TPSA) is 61.8 Å². The lowest BCUT2D eigenvalue weighted by Gasteiger charge is -2.16. The van der Waals surface area contributed by atoms with Crippen LogP contribution in [0.1, 0.15) is 20.3 Å². The Morgan fingerprint density at radius 2 is 1.94 bits per heavy atom. The molecule has 0 aliphatic rings. The van der Waals surface area contributed by atoms with Crippen LogP contribution in [0.25, 0.3) is 0 Å². The van der Waals surface area contributed by atoms with Crippen LogP contribution >= 0.6 is 23.5 Å². The lowest BCUT2D eigenvalue weighted by Crippen LogP contribution is -2.13. The highest BCUT2D eigenvalue weighted by molar-refractivity contribution is 9.09. The molecule has 7 heteroatoms. The molecule has 0 aromatic heterocycles. The third-order valence-electron chi connectivity index (χ3n) is 1.52. The van der Waals surface area contributed by atoms with E-state index >= 15 is 0 Å². The molecule has 0 aliphatic carbocycles. The first-order valence-electron chi connectivity index (χ1n) is 5.17. The van der Waals surface area contributed by atoms with E-state index in [2.05, 4.69) is 15.9 Å². The maximum atomic E-state index is 12.0. The van der Waals surface area contributed by atoms with Crippen LogP contribution in [0, 0.1) is 0 Å². The van der Waals surface area contributed by atoms with Crippen LogP contribution in [-0.4, -0.2) is 37.3 Å². The van der Waals surface area contributed by atoms with Crippen LogP contribution in [0.2, 0.25) is 0 Å². The van der Waals surface area contributed by atoms with Gasteiger partial charge in [-0.1, -0.05) is 15.9 Å². The van der Waals surface area contributed by atoms with Gasteiger partial charge in [0.15, 0.2) is 0 Å². The number of carbonyl (C=O) groups is 1. The number of hydrogen-bond donors (Lipinski definition) is 0. The van der Waals surface area contributed by atoms with Crippen LogP contribution in [0.4, 0.5) is 0 Å². The maximum Gasteiger partial charge on any atom is 0.341 e. The predicted molar refractivity (Wildman–Crippen MR) is 65.1 cm³/mol. The van der Waals surface area contributed by atoms with Gasteiger partial charge >= 0.3 is 13.6 Å². The quantitative estimate of drug-likeness (QED) is 0.283. The number of rotatable bonds is 9. The maximum absolute atomic E-state index is 12.0. The highest BCUT2D eigenvalue weighted by Crippen LogP contribution is 2.48. The Morgan fingerprint density at radius 3 is 2.44 bits per heavy atom. The highest BCUT2D eigenvalue weighted by atomic mass is 79.9. The van der Waals surface area contributed by atoms with Gasteiger partial charge in [-0.05, 0) is 20.3 Å². The summed E-state index contributed by atoms with van der Waals surface area (Å²) in [6.45, 7) is 4.18. The molecule has 0 saturated carbocycles. The van der Waals surface area contributed by atoms with Crippen molar-refractivity contribution < 1.29 is 23.1 Å². The molecule has 0 spiro atoms. The number of halogens is 1. The third-order valence-corrected chi connectivity index (χ3v) is 3.95. The van der Waals surface area contributed by atoms with E-state index in [1.165, 1.54) is 0 Å². The van der Waals surface area contributed by atoms with E-state index in [1.807, 2.05) is 0 Å². The lowest BCUT2D eigenvalue weighted by molar-refractivity contribution is -0.140. The van der Waals surface area contributed by atoms with Gasteiger partial charge in [0.2, 0.25) is 0 Å². The molecule has 0 rings (SSSR count). The van der Waals surface area contributed by atoms with Gasteiger partial charge < -0.3 is 13.8 Å². The molecule has 1 unspecified atom stereocenters. The van der Waals surface area contributed by atoms with Crippen molar-refractivity contribution in [2.24, 2.45) is 0 Å². The first-order chi connectivity index (χ1) is 7.58. The first kappa shape index (κ1) is 16.1. The molecule has 0 N–H and O–H groups in total. The van der Waals surface area contributed by atoms with Gasteiger partial charge in [0.05, 0.1) is 19.8 Å². The van der Waals surface area contributed by atoms with Crippen molar-refractivity contribution in [3.63, 3.8) is 0 Å². The largest absolute Gasteiger partial charge is 0.466 e. The second-order valence-electron chi connectivity index (χ2n) is 2.87. The zero-order valence-electron chi connectivity index (χ0n) is 9.61. The molecule has 5 nitrogen and oxygen atoms in total. The van der Waals surface area contributed by atoms with Crippen molar-refractivity contribution in [2.75, 3.05) is 31.3 Å². The van der Waals surface area contributed by atoms with E-state index in [0.717, 1.165) is 5.33 Å². The zero-order valence-corrected chi connectivity index (χ0v) is 12.1. The van der Waals surface area contributed by atoms with E-state index in [-0.39, 0.29) is 19.4 Å². The first-order valence-corrected chi connectivity index (χ1v) is 8.02. The Bertz CT molecular complexity index is 246. The molecule has 96 valence electrons. The van der Waals surface area contributed by atoms with Crippen LogP contribution in [-0.2, 0) is 23.1 Å². The Hall–Kier alpha value is 0.100. The number of esters is 1. The van der Waals surface area contributed by atoms with Crippen LogP contribution in [0.3, 0.4) is 0 Å². The average Bonchev–Trinajstić information content (AvgIpc) is 2.18. The van der Waals surface area contributed by atoms with Crippen molar-refractivity contribution in [3.05, 3.63) is 0 Å². The van der Waals surface area contributed by atoms with E-state index in [4.69, 9.17) is 13.8 Å². The fourth-order valence-corrected chi connectivity index (χ4v) is 2.64. The molecule has 0 fully saturated rings. The highest BCUT2D eigenvalue weighted by Gasteiger charge is 2.28. The lowest BCUT2D eigenvalue weighted by atomic mass is 10.5. The van der Waals surface area contributed by atoms with E-state index < -0.39 is 13.6 Å². The number of ether oxygens (including phenoxy) is 1. The van der Waals surface area contributed by atoms with E-state index in [9.17, 15) is 9.36 Å². The summed E-state index contributed by atoms with van der Waals surface area (Å²) >= 11 is 3.23. The summed E-state index contributed by atoms with van der Waals surface area (Å²) in [4.78, 5) is 11.2. The Labute approximate surface area is 104 Å². The van der Waals surface area contributed by atoms with Crippen molar-refractivity contribution in [1.82, 2.24) is 0 Å². The molecule has 0 heterocycles. The van der Waals surface area contributed by atoms with Gasteiger partial charge in [0.25, 0.3) is 0 Å². The minimum atomic E-state index is -3.33. The van der Waals surface area contributed by atoms with Gasteiger partial charge in [-0.25, -0.2) is 0 Å². The van der Waals surface area contributed by atoms with E-state index in [0.29, 0.717) is 13.0 Å². The molecule has 0 amide bonds. The molecular weight excluding hydrogens is 299 g/mol. The smallest absolute Gasteiger partial charge is 0.341 e. The summed E-state index contributed by atoms with van der Waals surface area (Å²) in [7, 11) is -3.33. The van der Waals surface area contributed by atoms with Gasteiger partial charge in [0, 0.05) is 5.33 Å². The second kappa shape index (κ2) is 9.16. The Morgan fingerprint density at radius 1 is 1.25 bits per heavy atom. The molecule has 0 aromatic carbocycles. The van der Waals surface area contributed by atoms with Gasteiger partial charge in [0.1, 0.15) is 6.16 Å². The summed E-state index contributed by atoms with van der Waals surface area (Å²) in [5.41, 5.74) is 0. The van der Waals surface area contributed by atoms with Gasteiger partial charge in [-0.15, -0.1) is 0 Å². The summed E-state index contributed by atoms with van der Waals surface area (Å²) < 4.78 is 26.9. The summed E-state index contributed by atoms with van der Waals surface area (Å²) in [5, 5.41) is 0.749. The molecule has 0 saturated heterocycles. The van der Waals surface area contributed by atoms with Crippen molar-refractivity contribution in [3.8, 4) is 0 Å². The van der Waals surface area contributed by atoms with Crippen molar-refractivity contribution >= 4 is 29.5 Å². The van der Waals surface area contributed by atoms with Crippen LogP contribution in [0.5, 0.6) is 0 Å². The fraction of sp³-hybridized carbons (Fsp3) is 0.889. The number of alkyl halides is 1. The number of carbonyl (C=O) groups excluding carboxylic acids is 1. The predicted octanol–water partition coefficient (Wildman–Crippen LogP) is 2.58. The van der Waals surface area contributed by atoms with Gasteiger partial charge in [-0.2, -0.15) is 0 Å². The second-order valence-corrected chi connectivity index (χ2v) is 5.72. The van der Waals surface area contributed by atoms with Crippen LogP contribution in [0.15, 0.2) is 0 Å². The van der Waals surface area contributed by atoms with E-state index in [1.54, 1.807) is 13.8 Å². The molecule has 0 aromatic rings. The Balaban J connectivity index is 4.20. The summed E-state index contributed by atoms with van der Waals surface area (Å²) in [6, 6.07) is 0. The normalized spacial score (nSPS) is 14.4. The van der Waals surface area contributed by atoms with Crippen molar-refractivity contribution in [2.45, 2.75) is 20.3 Å². The zero-order chi connectivity index (χ0) is 12.4. The summed E-state index contributed by atoms with van der Waals surface area (Å²) in [6.07, 6.45) is 0.386. The SMILES string of the molecule is CCOC(=O)CP(=O)(OCC)OCCCBr. The minimum absolute atomic E-state index is 0.241. The molecule has 0 radical (unpaired) electrons. The fourth-order valence-electron chi connectivity index (χ4n) is 0.948. The minimum Gasteiger partial charge on any atom is -0.466 e. The molecule has 1 atom stereocenters. The molecule has 0 bridgehead atoms. The Kier molecular flexibility index (Phi) is 9.22. The number of hydrogen-bond acceptors (Lipinski definition) is 5. The monoisotopic (exact) mass is 316 g/mol.